The lowest BCUT2D eigenvalue weighted by molar-refractivity contribution is 0.673. The van der Waals surface area contributed by atoms with E-state index in [-0.39, 0.29) is 0 Å². The third-order valence-electron chi connectivity index (χ3n) is 14.6. The van der Waals surface area contributed by atoms with E-state index in [0.717, 1.165) is 66.6 Å². The molecule has 0 aliphatic rings. The number of hydrogen-bond donors (Lipinski definition) is 0. The molecule has 72 heavy (non-hydrogen) atoms. The normalized spacial score (nSPS) is 11.6. The van der Waals surface area contributed by atoms with Crippen LogP contribution in [0, 0.1) is 0 Å². The number of rotatable bonds is 8. The summed E-state index contributed by atoms with van der Waals surface area (Å²) in [6.45, 7) is 0. The highest BCUT2D eigenvalue weighted by molar-refractivity contribution is 6.22. The van der Waals surface area contributed by atoms with Crippen LogP contribution in [-0.4, -0.2) is 0 Å². The molecule has 0 saturated heterocycles. The first kappa shape index (κ1) is 41.5. The fraction of sp³-hybridized carbons (Fsp3) is 0. The summed E-state index contributed by atoms with van der Waals surface area (Å²) in [6, 6.07) is 99.2. The average Bonchev–Trinajstić information content (AvgIpc) is 3.85. The van der Waals surface area contributed by atoms with Crippen molar-refractivity contribution in [2.75, 3.05) is 4.90 Å². The molecule has 14 rings (SSSR count). The maximum atomic E-state index is 6.61. The van der Waals surface area contributed by atoms with Crippen molar-refractivity contribution in [3.8, 4) is 55.6 Å². The Morgan fingerprint density at radius 3 is 1.46 bits per heavy atom. The van der Waals surface area contributed by atoms with Gasteiger partial charge in [0.25, 0.3) is 0 Å². The summed E-state index contributed by atoms with van der Waals surface area (Å²) in [5.74, 6) is 0. The van der Waals surface area contributed by atoms with Gasteiger partial charge in [-0.25, -0.2) is 0 Å². The lowest BCUT2D eigenvalue weighted by Crippen LogP contribution is -2.10. The molecule has 0 unspecified atom stereocenters. The highest BCUT2D eigenvalue weighted by atomic mass is 16.3. The maximum Gasteiger partial charge on any atom is 0.143 e. The largest absolute Gasteiger partial charge is 0.455 e. The Kier molecular flexibility index (Phi) is 9.89. The molecule has 1 heterocycles. The smallest absolute Gasteiger partial charge is 0.143 e. The number of benzene rings is 13. The topological polar surface area (TPSA) is 16.4 Å². The highest BCUT2D eigenvalue weighted by Crippen LogP contribution is 2.47. The van der Waals surface area contributed by atoms with E-state index in [1.165, 1.54) is 71.1 Å². The van der Waals surface area contributed by atoms with Crippen LogP contribution in [0.5, 0.6) is 0 Å². The van der Waals surface area contributed by atoms with Crippen molar-refractivity contribution in [3.05, 3.63) is 273 Å². The standard InChI is InChI=1S/C70H45NO/c1-3-18-50(19-4-1)67-63-28-12-11-27-61(63)62-42-37-53(45-65(62)68(67)51-20-5-2-6-21-51)52-23-13-24-56(44-52)71(54-38-32-48(33-39-54)58-29-14-22-46-16-7-9-25-57(46)58)55-40-34-49(35-41-55)59-30-15-31-66-69(59)64-43-36-47-17-8-10-26-60(47)70(64)72-66/h1-45H. The molecule has 0 spiro atoms. The molecule has 0 N–H and O–H groups in total. The van der Waals surface area contributed by atoms with Crippen molar-refractivity contribution >= 4 is 82.1 Å². The molecule has 0 radical (unpaired) electrons. The average molecular weight is 916 g/mol. The molecule has 1 aromatic heterocycles. The van der Waals surface area contributed by atoms with Crippen molar-refractivity contribution in [2.24, 2.45) is 0 Å². The van der Waals surface area contributed by atoms with Crippen LogP contribution in [0.25, 0.3) is 121 Å². The molecule has 0 aliphatic carbocycles. The maximum absolute atomic E-state index is 6.61. The van der Waals surface area contributed by atoms with Gasteiger partial charge < -0.3 is 9.32 Å². The van der Waals surface area contributed by atoms with Gasteiger partial charge in [-0.15, -0.1) is 0 Å². The zero-order valence-electron chi connectivity index (χ0n) is 39.3. The lowest BCUT2D eigenvalue weighted by atomic mass is 9.84. The summed E-state index contributed by atoms with van der Waals surface area (Å²) in [5.41, 5.74) is 16.9. The summed E-state index contributed by atoms with van der Waals surface area (Å²) in [7, 11) is 0. The van der Waals surface area contributed by atoms with Gasteiger partial charge in [0.1, 0.15) is 11.2 Å². The third-order valence-corrected chi connectivity index (χ3v) is 14.6. The van der Waals surface area contributed by atoms with Crippen molar-refractivity contribution in [1.29, 1.82) is 0 Å². The van der Waals surface area contributed by atoms with E-state index in [2.05, 4.69) is 278 Å². The molecule has 0 aliphatic heterocycles. The summed E-state index contributed by atoms with van der Waals surface area (Å²) >= 11 is 0. The highest BCUT2D eigenvalue weighted by Gasteiger charge is 2.21. The first-order valence-electron chi connectivity index (χ1n) is 24.7. The lowest BCUT2D eigenvalue weighted by Gasteiger charge is -2.26. The van der Waals surface area contributed by atoms with E-state index in [0.29, 0.717) is 0 Å². The van der Waals surface area contributed by atoms with Crippen LogP contribution in [0.3, 0.4) is 0 Å². The predicted molar refractivity (Wildman–Crippen MR) is 306 cm³/mol. The van der Waals surface area contributed by atoms with Crippen LogP contribution in [-0.2, 0) is 0 Å². The van der Waals surface area contributed by atoms with E-state index in [4.69, 9.17) is 4.42 Å². The monoisotopic (exact) mass is 915 g/mol. The molecule has 0 bridgehead atoms. The minimum atomic E-state index is 0.890. The second kappa shape index (κ2) is 17.2. The Morgan fingerprint density at radius 2 is 0.736 bits per heavy atom. The van der Waals surface area contributed by atoms with Gasteiger partial charge >= 0.3 is 0 Å². The molecule has 0 atom stereocenters. The number of furan rings is 1. The van der Waals surface area contributed by atoms with Crippen LogP contribution in [0.15, 0.2) is 277 Å². The van der Waals surface area contributed by atoms with Gasteiger partial charge in [0.05, 0.1) is 0 Å². The molecular weight excluding hydrogens is 871 g/mol. The van der Waals surface area contributed by atoms with Crippen molar-refractivity contribution in [3.63, 3.8) is 0 Å². The van der Waals surface area contributed by atoms with Crippen LogP contribution < -0.4 is 4.90 Å². The molecule has 0 saturated carbocycles. The Labute approximate surface area is 417 Å². The second-order valence-electron chi connectivity index (χ2n) is 18.7. The first-order valence-corrected chi connectivity index (χ1v) is 24.7. The Morgan fingerprint density at radius 1 is 0.250 bits per heavy atom. The fourth-order valence-electron chi connectivity index (χ4n) is 11.3. The number of hydrogen-bond acceptors (Lipinski definition) is 2. The Bertz CT molecular complexity index is 4360. The molecule has 0 amide bonds. The fourth-order valence-corrected chi connectivity index (χ4v) is 11.3. The van der Waals surface area contributed by atoms with E-state index in [1.54, 1.807) is 0 Å². The van der Waals surface area contributed by atoms with Crippen molar-refractivity contribution < 1.29 is 4.42 Å². The molecule has 2 heteroatoms. The minimum absolute atomic E-state index is 0.890. The van der Waals surface area contributed by atoms with E-state index >= 15 is 0 Å². The SMILES string of the molecule is c1ccc(-c2c(-c3ccccc3)c3cc(-c4cccc(N(c5ccc(-c6cccc7ccccc67)cc5)c5ccc(-c6cccc7oc8c9ccccc9ccc8c67)cc5)c4)ccc3c3ccccc23)cc1. The summed E-state index contributed by atoms with van der Waals surface area (Å²) < 4.78 is 6.61. The summed E-state index contributed by atoms with van der Waals surface area (Å²) in [6.07, 6.45) is 0. The molecule has 336 valence electrons. The van der Waals surface area contributed by atoms with Crippen molar-refractivity contribution in [2.45, 2.75) is 0 Å². The van der Waals surface area contributed by atoms with Gasteiger partial charge in [-0.2, -0.15) is 0 Å². The Balaban J connectivity index is 0.921. The van der Waals surface area contributed by atoms with Gasteiger partial charge in [-0.05, 0) is 148 Å². The van der Waals surface area contributed by atoms with Crippen LogP contribution in [0.2, 0.25) is 0 Å². The van der Waals surface area contributed by atoms with Gasteiger partial charge in [-0.3, -0.25) is 0 Å². The summed E-state index contributed by atoms with van der Waals surface area (Å²) in [4.78, 5) is 2.39. The van der Waals surface area contributed by atoms with Crippen LogP contribution in [0.4, 0.5) is 17.1 Å². The molecular formula is C70H45NO. The number of nitrogens with zero attached hydrogens (tertiary/aromatic N) is 1. The molecule has 0 fully saturated rings. The van der Waals surface area contributed by atoms with Gasteiger partial charge in [0.15, 0.2) is 0 Å². The Hall–Kier alpha value is -9.50. The number of anilines is 3. The van der Waals surface area contributed by atoms with Crippen molar-refractivity contribution in [1.82, 2.24) is 0 Å². The van der Waals surface area contributed by atoms with E-state index in [9.17, 15) is 0 Å². The zero-order valence-corrected chi connectivity index (χ0v) is 39.3. The van der Waals surface area contributed by atoms with Crippen LogP contribution >= 0.6 is 0 Å². The zero-order chi connectivity index (χ0) is 47.5. The predicted octanol–water partition coefficient (Wildman–Crippen LogP) is 20.0. The summed E-state index contributed by atoms with van der Waals surface area (Å²) in [5, 5.41) is 12.0. The molecule has 13 aromatic carbocycles. The molecule has 2 nitrogen and oxygen atoms in total. The van der Waals surface area contributed by atoms with E-state index in [1.807, 2.05) is 0 Å². The van der Waals surface area contributed by atoms with Gasteiger partial charge in [0, 0.05) is 33.2 Å². The minimum Gasteiger partial charge on any atom is -0.455 e. The number of fused-ring (bicyclic) bond motifs is 9. The van der Waals surface area contributed by atoms with Gasteiger partial charge in [-0.1, -0.05) is 218 Å². The van der Waals surface area contributed by atoms with Crippen LogP contribution in [0.1, 0.15) is 0 Å². The quantitative estimate of drug-likeness (QED) is 0.141. The second-order valence-corrected chi connectivity index (χ2v) is 18.7. The molecule has 14 aromatic rings. The third kappa shape index (κ3) is 6.95. The van der Waals surface area contributed by atoms with E-state index < -0.39 is 0 Å². The first-order chi connectivity index (χ1) is 35.7. The van der Waals surface area contributed by atoms with Gasteiger partial charge in [0.2, 0.25) is 0 Å².